The van der Waals surface area contributed by atoms with Crippen LogP contribution >= 0.6 is 0 Å². The van der Waals surface area contributed by atoms with Gasteiger partial charge in [-0.15, -0.1) is 0 Å². The van der Waals surface area contributed by atoms with E-state index in [1.54, 1.807) is 12.5 Å². The fraction of sp³-hybridized carbons (Fsp3) is 0.0500. The Hall–Kier alpha value is -3.67. The largest absolute Gasteiger partial charge is 0.444 e. The number of nitrogens with zero attached hydrogens (tertiary/aromatic N) is 3. The molecule has 6 heteroatoms. The monoisotopic (exact) mass is 344 g/mol. The highest BCUT2D eigenvalue weighted by Crippen LogP contribution is 2.25. The Morgan fingerprint density at radius 3 is 2.58 bits per heavy atom. The zero-order valence-corrected chi connectivity index (χ0v) is 13.9. The van der Waals surface area contributed by atoms with E-state index in [1.807, 2.05) is 65.4 Å². The lowest BCUT2D eigenvalue weighted by Crippen LogP contribution is -2.13. The lowest BCUT2D eigenvalue weighted by Gasteiger charge is -2.07. The summed E-state index contributed by atoms with van der Waals surface area (Å²) in [6, 6.07) is 17.3. The summed E-state index contributed by atoms with van der Waals surface area (Å²) in [5, 5.41) is 0. The van der Waals surface area contributed by atoms with Crippen molar-refractivity contribution in [3.63, 3.8) is 0 Å². The normalized spacial score (nSPS) is 10.8. The van der Waals surface area contributed by atoms with E-state index in [1.165, 1.54) is 0 Å². The first-order chi connectivity index (χ1) is 12.7. The third-order valence-corrected chi connectivity index (χ3v) is 3.99. The third kappa shape index (κ3) is 3.12. The van der Waals surface area contributed by atoms with Crippen molar-refractivity contribution in [3.8, 4) is 28.7 Å². The molecule has 0 aliphatic carbocycles. The molecule has 6 nitrogen and oxygen atoms in total. The number of imidazole rings is 1. The van der Waals surface area contributed by atoms with Gasteiger partial charge in [0, 0.05) is 23.6 Å². The van der Waals surface area contributed by atoms with E-state index < -0.39 is 0 Å². The van der Waals surface area contributed by atoms with Crippen LogP contribution in [0.1, 0.15) is 5.56 Å². The van der Waals surface area contributed by atoms with Crippen molar-refractivity contribution >= 4 is 5.91 Å². The molecule has 0 saturated carbocycles. The van der Waals surface area contributed by atoms with Crippen LogP contribution in [-0.2, 0) is 11.2 Å². The van der Waals surface area contributed by atoms with Crippen molar-refractivity contribution in [1.29, 1.82) is 0 Å². The smallest absolute Gasteiger partial charge is 0.226 e. The predicted molar refractivity (Wildman–Crippen MR) is 97.4 cm³/mol. The van der Waals surface area contributed by atoms with Crippen LogP contribution < -0.4 is 5.73 Å². The first kappa shape index (κ1) is 15.8. The summed E-state index contributed by atoms with van der Waals surface area (Å²) < 4.78 is 7.53. The summed E-state index contributed by atoms with van der Waals surface area (Å²) in [4.78, 5) is 20.0. The minimum absolute atomic E-state index is 0.223. The van der Waals surface area contributed by atoms with Gasteiger partial charge in [-0.1, -0.05) is 30.3 Å². The molecule has 0 bridgehead atoms. The second kappa shape index (κ2) is 6.68. The molecule has 2 heterocycles. The number of rotatable bonds is 5. The first-order valence-corrected chi connectivity index (χ1v) is 8.13. The molecular weight excluding hydrogens is 328 g/mol. The summed E-state index contributed by atoms with van der Waals surface area (Å²) in [5.74, 6) is 0.877. The quantitative estimate of drug-likeness (QED) is 0.602. The molecule has 0 atom stereocenters. The fourth-order valence-corrected chi connectivity index (χ4v) is 2.77. The van der Waals surface area contributed by atoms with Crippen LogP contribution in [0.15, 0.2) is 77.7 Å². The number of oxazole rings is 1. The van der Waals surface area contributed by atoms with Gasteiger partial charge in [-0.05, 0) is 29.8 Å². The van der Waals surface area contributed by atoms with E-state index in [9.17, 15) is 4.79 Å². The van der Waals surface area contributed by atoms with Crippen LogP contribution in [0.2, 0.25) is 0 Å². The third-order valence-electron chi connectivity index (χ3n) is 3.99. The number of primary amides is 1. The van der Waals surface area contributed by atoms with Crippen molar-refractivity contribution in [1.82, 2.24) is 14.5 Å². The molecule has 0 radical (unpaired) electrons. The second-order valence-electron chi connectivity index (χ2n) is 5.83. The van der Waals surface area contributed by atoms with Crippen molar-refractivity contribution in [3.05, 3.63) is 78.8 Å². The van der Waals surface area contributed by atoms with E-state index in [4.69, 9.17) is 10.2 Å². The molecule has 0 aliphatic heterocycles. The number of nitrogens with two attached hydrogens (primary N) is 1. The number of benzene rings is 2. The Labute approximate surface area is 149 Å². The van der Waals surface area contributed by atoms with Crippen LogP contribution in [0.5, 0.6) is 0 Å². The number of hydrogen-bond donors (Lipinski definition) is 1. The van der Waals surface area contributed by atoms with E-state index in [0.29, 0.717) is 17.4 Å². The van der Waals surface area contributed by atoms with E-state index in [-0.39, 0.29) is 12.3 Å². The molecule has 0 saturated heterocycles. The molecule has 0 fully saturated rings. The van der Waals surface area contributed by atoms with Gasteiger partial charge >= 0.3 is 0 Å². The van der Waals surface area contributed by atoms with Gasteiger partial charge in [-0.2, -0.15) is 0 Å². The topological polar surface area (TPSA) is 86.9 Å². The van der Waals surface area contributed by atoms with Gasteiger partial charge in [-0.3, -0.25) is 9.36 Å². The number of carbonyl (C=O) groups is 1. The molecule has 1 amide bonds. The van der Waals surface area contributed by atoms with Gasteiger partial charge in [0.05, 0.1) is 6.42 Å². The van der Waals surface area contributed by atoms with Gasteiger partial charge in [0.25, 0.3) is 0 Å². The molecule has 2 aromatic carbocycles. The maximum atomic E-state index is 11.0. The van der Waals surface area contributed by atoms with Crippen molar-refractivity contribution in [2.45, 2.75) is 6.42 Å². The lowest BCUT2D eigenvalue weighted by molar-refractivity contribution is -0.117. The van der Waals surface area contributed by atoms with Crippen LogP contribution in [0.4, 0.5) is 0 Å². The van der Waals surface area contributed by atoms with Crippen molar-refractivity contribution in [2.24, 2.45) is 5.73 Å². The minimum atomic E-state index is -0.350. The molecule has 26 heavy (non-hydrogen) atoms. The van der Waals surface area contributed by atoms with Crippen molar-refractivity contribution in [2.75, 3.05) is 0 Å². The van der Waals surface area contributed by atoms with Crippen molar-refractivity contribution < 1.29 is 9.21 Å². The Balaban J connectivity index is 1.65. The SMILES string of the molecule is NC(=O)Cc1ccc(-n2ccnc2-c2coc(-c3ccccc3)n2)cc1. The molecule has 0 aliphatic rings. The lowest BCUT2D eigenvalue weighted by atomic mass is 10.1. The number of hydrogen-bond acceptors (Lipinski definition) is 4. The average molecular weight is 344 g/mol. The number of aromatic nitrogens is 3. The predicted octanol–water partition coefficient (Wildman–Crippen LogP) is 3.22. The second-order valence-corrected chi connectivity index (χ2v) is 5.83. The van der Waals surface area contributed by atoms with Crippen LogP contribution in [0.3, 0.4) is 0 Å². The van der Waals surface area contributed by atoms with E-state index in [2.05, 4.69) is 9.97 Å². The minimum Gasteiger partial charge on any atom is -0.444 e. The highest BCUT2D eigenvalue weighted by atomic mass is 16.3. The van der Waals surface area contributed by atoms with Crippen LogP contribution in [0, 0.1) is 0 Å². The Bertz CT molecular complexity index is 1030. The summed E-state index contributed by atoms with van der Waals surface area (Å²) in [6.45, 7) is 0. The Kier molecular flexibility index (Phi) is 4.07. The average Bonchev–Trinajstić information content (AvgIpc) is 3.32. The summed E-state index contributed by atoms with van der Waals surface area (Å²) >= 11 is 0. The summed E-state index contributed by atoms with van der Waals surface area (Å²) in [6.07, 6.45) is 5.39. The van der Waals surface area contributed by atoms with Gasteiger partial charge < -0.3 is 10.2 Å². The highest BCUT2D eigenvalue weighted by Gasteiger charge is 2.14. The van der Waals surface area contributed by atoms with Gasteiger partial charge in [0.15, 0.2) is 5.82 Å². The Morgan fingerprint density at radius 2 is 1.85 bits per heavy atom. The Morgan fingerprint density at radius 1 is 1.08 bits per heavy atom. The molecule has 2 aromatic heterocycles. The number of amides is 1. The fourth-order valence-electron chi connectivity index (χ4n) is 2.77. The van der Waals surface area contributed by atoms with E-state index >= 15 is 0 Å². The molecule has 0 unspecified atom stereocenters. The molecule has 128 valence electrons. The molecular formula is C20H16N4O2. The zero-order valence-electron chi connectivity index (χ0n) is 13.9. The highest BCUT2D eigenvalue weighted by molar-refractivity contribution is 5.76. The maximum absolute atomic E-state index is 11.0. The van der Waals surface area contributed by atoms with Gasteiger partial charge in [0.1, 0.15) is 12.0 Å². The van der Waals surface area contributed by atoms with Gasteiger partial charge in [-0.25, -0.2) is 9.97 Å². The van der Waals surface area contributed by atoms with Crippen LogP contribution in [-0.4, -0.2) is 20.4 Å². The zero-order chi connectivity index (χ0) is 17.9. The van der Waals surface area contributed by atoms with Crippen LogP contribution in [0.25, 0.3) is 28.7 Å². The van der Waals surface area contributed by atoms with Gasteiger partial charge in [0.2, 0.25) is 11.8 Å². The number of carbonyl (C=O) groups excluding carboxylic acids is 1. The standard InChI is InChI=1S/C20H16N4O2/c21-18(25)12-14-6-8-16(9-7-14)24-11-10-22-19(24)17-13-26-20(23-17)15-4-2-1-3-5-15/h1-11,13H,12H2,(H2,21,25). The molecule has 0 spiro atoms. The first-order valence-electron chi connectivity index (χ1n) is 8.13. The maximum Gasteiger partial charge on any atom is 0.226 e. The molecule has 4 rings (SSSR count). The molecule has 4 aromatic rings. The molecule has 2 N–H and O–H groups in total. The summed E-state index contributed by atoms with van der Waals surface area (Å²) in [5.41, 5.74) is 8.58. The van der Waals surface area contributed by atoms with E-state index in [0.717, 1.165) is 16.8 Å². The summed E-state index contributed by atoms with van der Waals surface area (Å²) in [7, 11) is 0.